The Hall–Kier alpha value is -2.11. The monoisotopic (exact) mass is 360 g/mol. The number of carbonyl (C=O) groups excluding carboxylic acids is 1. The van der Waals surface area contributed by atoms with E-state index in [9.17, 15) is 4.79 Å². The van der Waals surface area contributed by atoms with Crippen LogP contribution < -0.4 is 9.64 Å². The van der Waals surface area contributed by atoms with Crippen LogP contribution in [0.2, 0.25) is 5.02 Å². The molecule has 0 spiro atoms. The molecular weight excluding hydrogens is 340 g/mol. The van der Waals surface area contributed by atoms with E-state index in [0.717, 1.165) is 18.5 Å². The first-order valence-corrected chi connectivity index (χ1v) is 8.83. The Labute approximate surface area is 152 Å². The molecule has 1 saturated heterocycles. The van der Waals surface area contributed by atoms with E-state index in [-0.39, 0.29) is 12.0 Å². The molecular formula is C19H21ClN2O3. The van der Waals surface area contributed by atoms with Crippen molar-refractivity contribution in [2.24, 2.45) is 0 Å². The van der Waals surface area contributed by atoms with Crippen LogP contribution >= 0.6 is 11.6 Å². The number of halogens is 1. The fourth-order valence-corrected chi connectivity index (χ4v) is 3.00. The Bertz CT molecular complexity index is 718. The van der Waals surface area contributed by atoms with Gasteiger partial charge in [-0.3, -0.25) is 4.79 Å². The second-order valence-electron chi connectivity index (χ2n) is 5.83. The van der Waals surface area contributed by atoms with Gasteiger partial charge in [0.05, 0.1) is 18.8 Å². The quantitative estimate of drug-likeness (QED) is 0.809. The van der Waals surface area contributed by atoms with Gasteiger partial charge in [0.15, 0.2) is 0 Å². The summed E-state index contributed by atoms with van der Waals surface area (Å²) in [5.74, 6) is 0.230. The van der Waals surface area contributed by atoms with Gasteiger partial charge in [0, 0.05) is 31.3 Å². The lowest BCUT2D eigenvalue weighted by Gasteiger charge is -2.24. The second-order valence-corrected chi connectivity index (χ2v) is 6.23. The number of carbonyl (C=O) groups is 1. The average Bonchev–Trinajstić information content (AvgIpc) is 2.65. The fraction of sp³-hybridized carbons (Fsp3) is 0.368. The zero-order chi connectivity index (χ0) is 17.6. The van der Waals surface area contributed by atoms with Crippen molar-refractivity contribution < 1.29 is 14.3 Å². The van der Waals surface area contributed by atoms with Gasteiger partial charge in [-0.1, -0.05) is 29.8 Å². The third-order valence-corrected chi connectivity index (χ3v) is 4.40. The maximum absolute atomic E-state index is 12.8. The van der Waals surface area contributed by atoms with Gasteiger partial charge in [0.25, 0.3) is 5.91 Å². The summed E-state index contributed by atoms with van der Waals surface area (Å²) in [5.41, 5.74) is 1.28. The summed E-state index contributed by atoms with van der Waals surface area (Å²) in [6, 6.07) is 11.2. The molecule has 2 aromatic rings. The maximum Gasteiger partial charge on any atom is 0.259 e. The molecule has 0 atom stereocenters. The van der Waals surface area contributed by atoms with Crippen LogP contribution in [-0.4, -0.2) is 36.8 Å². The molecule has 3 rings (SSSR count). The van der Waals surface area contributed by atoms with Gasteiger partial charge in [0.2, 0.25) is 5.88 Å². The van der Waals surface area contributed by atoms with E-state index in [2.05, 4.69) is 4.98 Å². The van der Waals surface area contributed by atoms with Gasteiger partial charge in [-0.25, -0.2) is 4.98 Å². The van der Waals surface area contributed by atoms with E-state index >= 15 is 0 Å². The largest absolute Gasteiger partial charge is 0.473 e. The molecule has 1 aliphatic rings. The van der Waals surface area contributed by atoms with E-state index in [1.807, 2.05) is 37.3 Å². The van der Waals surface area contributed by atoms with E-state index < -0.39 is 0 Å². The highest BCUT2D eigenvalue weighted by Gasteiger charge is 2.20. The van der Waals surface area contributed by atoms with Crippen LogP contribution in [0.15, 0.2) is 42.6 Å². The minimum Gasteiger partial charge on any atom is -0.473 e. The SMILES string of the molecule is CCN(C(=O)c1cnc(OC2CCOCC2)c(Cl)c1)c1ccccc1. The Kier molecular flexibility index (Phi) is 5.89. The van der Waals surface area contributed by atoms with Crippen LogP contribution in [0.3, 0.4) is 0 Å². The normalized spacial score (nSPS) is 15.0. The number of hydrogen-bond donors (Lipinski definition) is 0. The first-order chi connectivity index (χ1) is 12.2. The summed E-state index contributed by atoms with van der Waals surface area (Å²) in [5, 5.41) is 0.349. The summed E-state index contributed by atoms with van der Waals surface area (Å²) < 4.78 is 11.2. The third-order valence-electron chi connectivity index (χ3n) is 4.13. The zero-order valence-corrected chi connectivity index (χ0v) is 14.9. The highest BCUT2D eigenvalue weighted by Crippen LogP contribution is 2.26. The zero-order valence-electron chi connectivity index (χ0n) is 14.2. The fourth-order valence-electron chi connectivity index (χ4n) is 2.79. The van der Waals surface area contributed by atoms with Crippen molar-refractivity contribution in [1.82, 2.24) is 4.98 Å². The van der Waals surface area contributed by atoms with Crippen LogP contribution in [0.5, 0.6) is 5.88 Å². The van der Waals surface area contributed by atoms with E-state index in [4.69, 9.17) is 21.1 Å². The lowest BCUT2D eigenvalue weighted by atomic mass is 10.1. The van der Waals surface area contributed by atoms with Gasteiger partial charge < -0.3 is 14.4 Å². The van der Waals surface area contributed by atoms with E-state index in [1.54, 1.807) is 11.0 Å². The van der Waals surface area contributed by atoms with Crippen LogP contribution in [0, 0.1) is 0 Å². The Morgan fingerprint density at radius 2 is 2.04 bits per heavy atom. The van der Waals surface area contributed by atoms with Gasteiger partial charge in [-0.15, -0.1) is 0 Å². The van der Waals surface area contributed by atoms with E-state index in [1.165, 1.54) is 6.20 Å². The number of benzene rings is 1. The number of rotatable bonds is 5. The smallest absolute Gasteiger partial charge is 0.259 e. The number of nitrogens with zero attached hydrogens (tertiary/aromatic N) is 2. The molecule has 0 N–H and O–H groups in total. The topological polar surface area (TPSA) is 51.7 Å². The van der Waals surface area contributed by atoms with Crippen molar-refractivity contribution in [3.63, 3.8) is 0 Å². The second kappa shape index (κ2) is 8.32. The molecule has 0 saturated carbocycles. The highest BCUT2D eigenvalue weighted by molar-refractivity contribution is 6.32. The molecule has 2 heterocycles. The standard InChI is InChI=1S/C19H21ClN2O3/c1-2-22(15-6-4-3-5-7-15)19(23)14-12-17(20)18(21-13-14)25-16-8-10-24-11-9-16/h3-7,12-13,16H,2,8-11H2,1H3. The molecule has 1 fully saturated rings. The van der Waals surface area contributed by atoms with Crippen molar-refractivity contribution >= 4 is 23.2 Å². The van der Waals surface area contributed by atoms with E-state index in [0.29, 0.717) is 36.2 Å². The number of ether oxygens (including phenoxy) is 2. The van der Waals surface area contributed by atoms with Gasteiger partial charge in [0.1, 0.15) is 11.1 Å². The average molecular weight is 361 g/mol. The number of pyridine rings is 1. The number of anilines is 1. The molecule has 25 heavy (non-hydrogen) atoms. The molecule has 0 radical (unpaired) electrons. The molecule has 1 aromatic heterocycles. The minimum atomic E-state index is -0.138. The third kappa shape index (κ3) is 4.30. The molecule has 5 nitrogen and oxygen atoms in total. The molecule has 1 amide bonds. The first-order valence-electron chi connectivity index (χ1n) is 8.46. The van der Waals surface area contributed by atoms with Crippen LogP contribution in [0.25, 0.3) is 0 Å². The van der Waals surface area contributed by atoms with Crippen LogP contribution in [-0.2, 0) is 4.74 Å². The van der Waals surface area contributed by atoms with Gasteiger partial charge in [-0.2, -0.15) is 0 Å². The lowest BCUT2D eigenvalue weighted by molar-refractivity contribution is 0.0238. The number of para-hydroxylation sites is 1. The molecule has 0 aliphatic carbocycles. The van der Waals surface area contributed by atoms with Crippen molar-refractivity contribution in [2.45, 2.75) is 25.9 Å². The summed E-state index contributed by atoms with van der Waals surface area (Å²) in [4.78, 5) is 18.7. The van der Waals surface area contributed by atoms with Crippen molar-refractivity contribution in [3.8, 4) is 5.88 Å². The maximum atomic E-state index is 12.8. The number of amides is 1. The Morgan fingerprint density at radius 3 is 2.68 bits per heavy atom. The number of aromatic nitrogens is 1. The molecule has 0 bridgehead atoms. The summed E-state index contributed by atoms with van der Waals surface area (Å²) in [6.45, 7) is 3.85. The first kappa shape index (κ1) is 17.7. The summed E-state index contributed by atoms with van der Waals surface area (Å²) in [7, 11) is 0. The van der Waals surface area contributed by atoms with Crippen LogP contribution in [0.4, 0.5) is 5.69 Å². The molecule has 132 valence electrons. The minimum absolute atomic E-state index is 0.0526. The Balaban J connectivity index is 1.75. The van der Waals surface area contributed by atoms with Crippen molar-refractivity contribution in [3.05, 3.63) is 53.2 Å². The highest BCUT2D eigenvalue weighted by atomic mass is 35.5. The predicted molar refractivity (Wildman–Crippen MR) is 97.5 cm³/mol. The molecule has 1 aliphatic heterocycles. The predicted octanol–water partition coefficient (Wildman–Crippen LogP) is 3.96. The van der Waals surface area contributed by atoms with Gasteiger partial charge >= 0.3 is 0 Å². The van der Waals surface area contributed by atoms with Crippen LogP contribution in [0.1, 0.15) is 30.1 Å². The molecule has 6 heteroatoms. The van der Waals surface area contributed by atoms with Gasteiger partial charge in [-0.05, 0) is 25.1 Å². The van der Waals surface area contributed by atoms with Crippen molar-refractivity contribution in [2.75, 3.05) is 24.7 Å². The number of hydrogen-bond acceptors (Lipinski definition) is 4. The summed E-state index contributed by atoms with van der Waals surface area (Å²) >= 11 is 6.30. The lowest BCUT2D eigenvalue weighted by Crippen LogP contribution is -2.30. The molecule has 0 unspecified atom stereocenters. The molecule has 1 aromatic carbocycles. The van der Waals surface area contributed by atoms with Crippen molar-refractivity contribution in [1.29, 1.82) is 0 Å². The summed E-state index contributed by atoms with van der Waals surface area (Å²) in [6.07, 6.45) is 3.21. The Morgan fingerprint density at radius 1 is 1.32 bits per heavy atom.